The maximum Gasteiger partial charge on any atom is 0.326 e. The van der Waals surface area contributed by atoms with Crippen LogP contribution in [0.3, 0.4) is 0 Å². The SMILES string of the molecule is NC(CCC(=O)O)C(=O)NC(Cc1cnc[nH]1)C(=O)NC(Cc1c[nH]c2ccccc12)C(=O)NC(CC(=O)O)C(=O)O. The Morgan fingerprint density at radius 3 is 2.10 bits per heavy atom. The number of carboxylic acids is 3. The fourth-order valence-electron chi connectivity index (χ4n) is 4.16. The molecular formula is C26H31N7O9. The number of aromatic amines is 2. The van der Waals surface area contributed by atoms with Crippen molar-refractivity contribution in [2.45, 2.75) is 56.3 Å². The monoisotopic (exact) mass is 585 g/mol. The molecule has 0 radical (unpaired) electrons. The van der Waals surface area contributed by atoms with E-state index in [1.807, 2.05) is 0 Å². The number of carbonyl (C=O) groups is 6. The van der Waals surface area contributed by atoms with Gasteiger partial charge in [-0.1, -0.05) is 18.2 Å². The molecule has 4 unspecified atom stereocenters. The van der Waals surface area contributed by atoms with E-state index in [1.165, 1.54) is 12.5 Å². The summed E-state index contributed by atoms with van der Waals surface area (Å²) in [6.45, 7) is 0. The lowest BCUT2D eigenvalue weighted by Gasteiger charge is -2.25. The Hall–Kier alpha value is -5.25. The summed E-state index contributed by atoms with van der Waals surface area (Å²) in [6, 6.07) is 1.42. The summed E-state index contributed by atoms with van der Waals surface area (Å²) in [6.07, 6.45) is 2.69. The van der Waals surface area contributed by atoms with Crippen LogP contribution in [0.15, 0.2) is 43.0 Å². The lowest BCUT2D eigenvalue weighted by molar-refractivity contribution is -0.147. The van der Waals surface area contributed by atoms with Gasteiger partial charge >= 0.3 is 17.9 Å². The van der Waals surface area contributed by atoms with Crippen molar-refractivity contribution < 1.29 is 44.1 Å². The zero-order valence-electron chi connectivity index (χ0n) is 22.2. The van der Waals surface area contributed by atoms with Gasteiger partial charge in [0.25, 0.3) is 0 Å². The second-order valence-electron chi connectivity index (χ2n) is 9.50. The van der Waals surface area contributed by atoms with Crippen LogP contribution in [-0.4, -0.2) is 90.1 Å². The number of benzene rings is 1. The van der Waals surface area contributed by atoms with Crippen molar-refractivity contribution in [3.8, 4) is 0 Å². The van der Waals surface area contributed by atoms with Gasteiger partial charge in [0.15, 0.2) is 0 Å². The number of nitrogens with one attached hydrogen (secondary N) is 5. The van der Waals surface area contributed by atoms with E-state index in [0.29, 0.717) is 11.3 Å². The van der Waals surface area contributed by atoms with Crippen LogP contribution in [0.1, 0.15) is 30.5 Å². The van der Waals surface area contributed by atoms with E-state index in [9.17, 15) is 33.9 Å². The first-order chi connectivity index (χ1) is 19.9. The molecule has 42 heavy (non-hydrogen) atoms. The van der Waals surface area contributed by atoms with E-state index >= 15 is 0 Å². The molecule has 2 aromatic heterocycles. The molecular weight excluding hydrogens is 554 g/mol. The highest BCUT2D eigenvalue weighted by molar-refractivity contribution is 5.95. The number of hydrogen-bond acceptors (Lipinski definition) is 8. The fourth-order valence-corrected chi connectivity index (χ4v) is 4.16. The standard InChI is InChI=1S/C26H31N7O9/c27-16(5-6-21(34)35)23(38)31-19(8-14-11-28-12-30-14)25(40)32-18(24(39)33-20(26(41)42)9-22(36)37)7-13-10-29-17-4-2-1-3-15(13)17/h1-4,10-12,16,18-20,29H,5-9,27H2,(H,28,30)(H,31,38)(H,32,40)(H,33,39)(H,34,35)(H,36,37)(H,41,42). The fraction of sp³-hybridized carbons (Fsp3) is 0.346. The number of hydrogen-bond donors (Lipinski definition) is 9. The van der Waals surface area contributed by atoms with Crippen LogP contribution in [0.25, 0.3) is 10.9 Å². The molecule has 3 amide bonds. The molecule has 0 aliphatic rings. The molecule has 0 spiro atoms. The first kappa shape index (κ1) is 31.3. The molecule has 1 aromatic carbocycles. The number of fused-ring (bicyclic) bond motifs is 1. The maximum absolute atomic E-state index is 13.5. The number of nitrogens with two attached hydrogens (primary N) is 1. The number of para-hydroxylation sites is 1. The van der Waals surface area contributed by atoms with Gasteiger partial charge in [0.1, 0.15) is 18.1 Å². The van der Waals surface area contributed by atoms with Crippen molar-refractivity contribution in [3.05, 3.63) is 54.2 Å². The molecule has 0 fully saturated rings. The molecule has 16 heteroatoms. The topological polar surface area (TPSA) is 270 Å². The van der Waals surface area contributed by atoms with E-state index in [2.05, 4.69) is 30.9 Å². The number of amides is 3. The second kappa shape index (κ2) is 14.4. The third-order valence-electron chi connectivity index (χ3n) is 6.34. The number of H-pyrrole nitrogens is 2. The van der Waals surface area contributed by atoms with Gasteiger partial charge in [0.05, 0.1) is 18.8 Å². The normalized spacial score (nSPS) is 13.8. The number of imidazole rings is 1. The molecule has 4 atom stereocenters. The molecule has 3 rings (SSSR count). The van der Waals surface area contributed by atoms with Crippen LogP contribution in [-0.2, 0) is 41.6 Å². The number of carbonyl (C=O) groups excluding carboxylic acids is 3. The number of aromatic nitrogens is 3. The molecule has 3 aromatic rings. The van der Waals surface area contributed by atoms with Crippen LogP contribution < -0.4 is 21.7 Å². The number of carboxylic acid groups (broad SMARTS) is 3. The van der Waals surface area contributed by atoms with Crippen LogP contribution in [0.5, 0.6) is 0 Å². The summed E-state index contributed by atoms with van der Waals surface area (Å²) in [5.74, 6) is -6.80. The molecule has 0 bridgehead atoms. The maximum atomic E-state index is 13.5. The van der Waals surface area contributed by atoms with E-state index in [-0.39, 0.29) is 25.7 Å². The second-order valence-corrected chi connectivity index (χ2v) is 9.50. The summed E-state index contributed by atoms with van der Waals surface area (Å²) >= 11 is 0. The van der Waals surface area contributed by atoms with Crippen LogP contribution >= 0.6 is 0 Å². The predicted molar refractivity (Wildman–Crippen MR) is 145 cm³/mol. The van der Waals surface area contributed by atoms with Crippen molar-refractivity contribution in [2.24, 2.45) is 5.73 Å². The van der Waals surface area contributed by atoms with Gasteiger partial charge in [0, 0.05) is 48.3 Å². The summed E-state index contributed by atoms with van der Waals surface area (Å²) in [5, 5.41) is 35.3. The Kier molecular flexibility index (Phi) is 10.7. The Labute approximate surface area is 238 Å². The highest BCUT2D eigenvalue weighted by Crippen LogP contribution is 2.19. The lowest BCUT2D eigenvalue weighted by Crippen LogP contribution is -2.58. The quantitative estimate of drug-likeness (QED) is 0.0971. The van der Waals surface area contributed by atoms with Crippen LogP contribution in [0.2, 0.25) is 0 Å². The van der Waals surface area contributed by atoms with Crippen molar-refractivity contribution in [1.29, 1.82) is 0 Å². The summed E-state index contributed by atoms with van der Waals surface area (Å²) in [5.41, 5.74) is 7.59. The van der Waals surface area contributed by atoms with Gasteiger partial charge in [-0.2, -0.15) is 0 Å². The Bertz CT molecular complexity index is 1440. The smallest absolute Gasteiger partial charge is 0.326 e. The summed E-state index contributed by atoms with van der Waals surface area (Å²) in [4.78, 5) is 82.8. The van der Waals surface area contributed by atoms with Crippen molar-refractivity contribution in [1.82, 2.24) is 30.9 Å². The molecule has 10 N–H and O–H groups in total. The Balaban J connectivity index is 1.87. The number of rotatable bonds is 16. The predicted octanol–water partition coefficient (Wildman–Crippen LogP) is -1.12. The highest BCUT2D eigenvalue weighted by atomic mass is 16.4. The average Bonchev–Trinajstić information content (AvgIpc) is 3.60. The Morgan fingerprint density at radius 2 is 1.48 bits per heavy atom. The van der Waals surface area contributed by atoms with Crippen molar-refractivity contribution in [2.75, 3.05) is 0 Å². The molecule has 0 aliphatic carbocycles. The summed E-state index contributed by atoms with van der Waals surface area (Å²) in [7, 11) is 0. The van der Waals surface area contributed by atoms with Crippen molar-refractivity contribution in [3.63, 3.8) is 0 Å². The van der Waals surface area contributed by atoms with Crippen molar-refractivity contribution >= 4 is 46.5 Å². The van der Waals surface area contributed by atoms with Gasteiger partial charge < -0.3 is 47.0 Å². The van der Waals surface area contributed by atoms with Gasteiger partial charge in [-0.05, 0) is 18.1 Å². The average molecular weight is 586 g/mol. The number of nitrogens with zero attached hydrogens (tertiary/aromatic N) is 1. The lowest BCUT2D eigenvalue weighted by atomic mass is 10.0. The first-order valence-electron chi connectivity index (χ1n) is 12.8. The molecule has 2 heterocycles. The minimum atomic E-state index is -1.77. The van der Waals surface area contributed by atoms with E-state index < -0.39 is 66.2 Å². The molecule has 0 aliphatic heterocycles. The van der Waals surface area contributed by atoms with Gasteiger partial charge in [-0.3, -0.25) is 24.0 Å². The van der Waals surface area contributed by atoms with Gasteiger partial charge in [-0.25, -0.2) is 9.78 Å². The largest absolute Gasteiger partial charge is 0.481 e. The van der Waals surface area contributed by atoms with E-state index in [1.54, 1.807) is 30.5 Å². The van der Waals surface area contributed by atoms with Crippen LogP contribution in [0, 0.1) is 0 Å². The minimum Gasteiger partial charge on any atom is -0.481 e. The Morgan fingerprint density at radius 1 is 0.833 bits per heavy atom. The van der Waals surface area contributed by atoms with E-state index in [4.69, 9.17) is 15.9 Å². The molecule has 0 saturated carbocycles. The third kappa shape index (κ3) is 8.88. The van der Waals surface area contributed by atoms with Gasteiger partial charge in [0.2, 0.25) is 17.7 Å². The first-order valence-corrected chi connectivity index (χ1v) is 12.8. The minimum absolute atomic E-state index is 0.110. The zero-order chi connectivity index (χ0) is 30.8. The highest BCUT2D eigenvalue weighted by Gasteiger charge is 2.32. The molecule has 16 nitrogen and oxygen atoms in total. The summed E-state index contributed by atoms with van der Waals surface area (Å²) < 4.78 is 0. The van der Waals surface area contributed by atoms with E-state index in [0.717, 1.165) is 10.9 Å². The molecule has 224 valence electrons. The zero-order valence-corrected chi connectivity index (χ0v) is 22.2. The third-order valence-corrected chi connectivity index (χ3v) is 6.34. The van der Waals surface area contributed by atoms with Gasteiger partial charge in [-0.15, -0.1) is 0 Å². The molecule has 0 saturated heterocycles. The van der Waals surface area contributed by atoms with Crippen LogP contribution in [0.4, 0.5) is 0 Å². The number of aliphatic carboxylic acids is 3.